The Hall–Kier alpha value is -2.74. The highest BCUT2D eigenvalue weighted by atomic mass is 32.2. The average molecular weight is 456 g/mol. The van der Waals surface area contributed by atoms with Crippen LogP contribution in [0.25, 0.3) is 0 Å². The Bertz CT molecular complexity index is 1010. The van der Waals surface area contributed by atoms with Gasteiger partial charge in [0, 0.05) is 25.0 Å². The molecule has 1 atom stereocenters. The van der Waals surface area contributed by atoms with Crippen molar-refractivity contribution < 1.29 is 19.1 Å². The largest absolute Gasteiger partial charge is 0.493 e. The van der Waals surface area contributed by atoms with E-state index < -0.39 is 6.04 Å². The van der Waals surface area contributed by atoms with Gasteiger partial charge >= 0.3 is 0 Å². The van der Waals surface area contributed by atoms with Crippen LogP contribution in [0.15, 0.2) is 30.5 Å². The molecular formula is C24H29N3O4S. The molecule has 2 amide bonds. The van der Waals surface area contributed by atoms with Crippen LogP contribution >= 0.6 is 11.8 Å². The van der Waals surface area contributed by atoms with E-state index in [9.17, 15) is 9.59 Å². The molecule has 0 radical (unpaired) electrons. The quantitative estimate of drug-likeness (QED) is 0.553. The Labute approximate surface area is 193 Å². The summed E-state index contributed by atoms with van der Waals surface area (Å²) >= 11 is 1.59. The number of benzene rings is 1. The maximum atomic E-state index is 13.5. The number of fused-ring (bicyclic) bond motifs is 1. The van der Waals surface area contributed by atoms with Gasteiger partial charge in [-0.05, 0) is 56.2 Å². The topological polar surface area (TPSA) is 72.0 Å². The Morgan fingerprint density at radius 3 is 2.50 bits per heavy atom. The van der Waals surface area contributed by atoms with Crippen molar-refractivity contribution in [1.82, 2.24) is 9.88 Å². The number of thioether (sulfide) groups is 1. The molecule has 0 N–H and O–H groups in total. The van der Waals surface area contributed by atoms with Gasteiger partial charge < -0.3 is 14.4 Å². The SMILES string of the molecule is CCOc1cc(C(CSC)N2C(=O)c3cnc(N4CCCCC4)cc3C2=O)ccc1OC. The van der Waals surface area contributed by atoms with Gasteiger partial charge in [0.2, 0.25) is 0 Å². The number of carbonyl (C=O) groups excluding carboxylic acids is 2. The third-order valence-electron chi connectivity index (χ3n) is 5.98. The van der Waals surface area contributed by atoms with E-state index in [1.54, 1.807) is 31.1 Å². The van der Waals surface area contributed by atoms with Crippen molar-refractivity contribution in [3.05, 3.63) is 47.2 Å². The normalized spacial score (nSPS) is 16.8. The predicted octanol–water partition coefficient (Wildman–Crippen LogP) is 4.18. The van der Waals surface area contributed by atoms with Gasteiger partial charge in [-0.2, -0.15) is 11.8 Å². The van der Waals surface area contributed by atoms with E-state index in [0.717, 1.165) is 37.3 Å². The lowest BCUT2D eigenvalue weighted by molar-refractivity contribution is 0.0598. The Morgan fingerprint density at radius 1 is 1.06 bits per heavy atom. The van der Waals surface area contributed by atoms with Gasteiger partial charge in [0.15, 0.2) is 11.5 Å². The van der Waals surface area contributed by atoms with Gasteiger partial charge in [-0.1, -0.05) is 6.07 Å². The molecule has 4 rings (SSSR count). The standard InChI is InChI=1S/C24H29N3O4S/c1-4-31-21-12-16(8-9-20(21)30-2)19(15-32-3)27-23(28)17-13-22(25-14-18(17)24(27)29)26-10-6-5-7-11-26/h8-9,12-14,19H,4-7,10-11,15H2,1-3H3. The number of imide groups is 1. The summed E-state index contributed by atoms with van der Waals surface area (Å²) in [4.78, 5) is 34.9. The lowest BCUT2D eigenvalue weighted by Gasteiger charge is -2.27. The Morgan fingerprint density at radius 2 is 1.81 bits per heavy atom. The molecule has 2 aromatic rings. The smallest absolute Gasteiger partial charge is 0.263 e. The van der Waals surface area contributed by atoms with E-state index in [2.05, 4.69) is 9.88 Å². The second kappa shape index (κ2) is 9.81. The molecule has 0 bridgehead atoms. The summed E-state index contributed by atoms with van der Waals surface area (Å²) in [7, 11) is 1.59. The molecule has 2 aliphatic rings. The maximum absolute atomic E-state index is 13.5. The van der Waals surface area contributed by atoms with Crippen LogP contribution in [0.4, 0.5) is 5.82 Å². The lowest BCUT2D eigenvalue weighted by Crippen LogP contribution is -2.35. The van der Waals surface area contributed by atoms with Crippen molar-refractivity contribution in [1.29, 1.82) is 0 Å². The number of rotatable bonds is 8. The summed E-state index contributed by atoms with van der Waals surface area (Å²) in [5, 5.41) is 0. The van der Waals surface area contributed by atoms with Crippen LogP contribution in [0, 0.1) is 0 Å². The highest BCUT2D eigenvalue weighted by Crippen LogP contribution is 2.37. The molecule has 1 saturated heterocycles. The van der Waals surface area contributed by atoms with Crippen molar-refractivity contribution in [2.75, 3.05) is 43.7 Å². The number of methoxy groups -OCH3 is 1. The fourth-order valence-corrected chi connectivity index (χ4v) is 5.03. The monoisotopic (exact) mass is 455 g/mol. The minimum atomic E-state index is -0.416. The molecular weight excluding hydrogens is 426 g/mol. The first-order chi connectivity index (χ1) is 15.6. The molecule has 0 aliphatic carbocycles. The van der Waals surface area contributed by atoms with Crippen molar-refractivity contribution in [2.45, 2.75) is 32.2 Å². The van der Waals surface area contributed by atoms with Crippen LogP contribution in [-0.2, 0) is 0 Å². The van der Waals surface area contributed by atoms with E-state index in [1.807, 2.05) is 31.4 Å². The molecule has 2 aliphatic heterocycles. The van der Waals surface area contributed by atoms with Gasteiger partial charge in [-0.3, -0.25) is 14.5 Å². The summed E-state index contributed by atoms with van der Waals surface area (Å²) in [6.07, 6.45) is 6.98. The van der Waals surface area contributed by atoms with Crippen molar-refractivity contribution in [3.8, 4) is 11.5 Å². The minimum absolute atomic E-state index is 0.265. The van der Waals surface area contributed by atoms with Gasteiger partial charge in [0.05, 0.1) is 30.9 Å². The van der Waals surface area contributed by atoms with E-state index in [4.69, 9.17) is 9.47 Å². The summed E-state index contributed by atoms with van der Waals surface area (Å²) in [5.41, 5.74) is 1.65. The first-order valence-corrected chi connectivity index (χ1v) is 12.4. The first-order valence-electron chi connectivity index (χ1n) is 11.0. The van der Waals surface area contributed by atoms with Crippen LogP contribution in [0.1, 0.15) is 58.5 Å². The highest BCUT2D eigenvalue weighted by molar-refractivity contribution is 7.98. The molecule has 0 spiro atoms. The summed E-state index contributed by atoms with van der Waals surface area (Å²) in [5.74, 6) is 2.01. The molecule has 3 heterocycles. The van der Waals surface area contributed by atoms with Crippen molar-refractivity contribution >= 4 is 29.4 Å². The molecule has 32 heavy (non-hydrogen) atoms. The number of pyridine rings is 1. The van der Waals surface area contributed by atoms with Gasteiger partial charge in [0.1, 0.15) is 5.82 Å². The molecule has 1 unspecified atom stereocenters. The van der Waals surface area contributed by atoms with E-state index >= 15 is 0 Å². The molecule has 1 aromatic carbocycles. The fraction of sp³-hybridized carbons (Fsp3) is 0.458. The number of amides is 2. The van der Waals surface area contributed by atoms with Crippen molar-refractivity contribution in [2.24, 2.45) is 0 Å². The Balaban J connectivity index is 1.68. The van der Waals surface area contributed by atoms with Crippen molar-refractivity contribution in [3.63, 3.8) is 0 Å². The first kappa shape index (κ1) is 22.5. The number of piperidine rings is 1. The van der Waals surface area contributed by atoms with Crippen LogP contribution < -0.4 is 14.4 Å². The van der Waals surface area contributed by atoms with Crippen LogP contribution in [0.2, 0.25) is 0 Å². The predicted molar refractivity (Wildman–Crippen MR) is 126 cm³/mol. The fourth-order valence-electron chi connectivity index (χ4n) is 4.37. The number of carbonyl (C=O) groups is 2. The van der Waals surface area contributed by atoms with Gasteiger partial charge in [-0.15, -0.1) is 0 Å². The Kier molecular flexibility index (Phi) is 6.89. The van der Waals surface area contributed by atoms with Gasteiger partial charge in [-0.25, -0.2) is 4.98 Å². The molecule has 7 nitrogen and oxygen atoms in total. The van der Waals surface area contributed by atoms with Crippen LogP contribution in [0.3, 0.4) is 0 Å². The number of hydrogen-bond acceptors (Lipinski definition) is 7. The second-order valence-electron chi connectivity index (χ2n) is 7.93. The zero-order chi connectivity index (χ0) is 22.7. The molecule has 170 valence electrons. The minimum Gasteiger partial charge on any atom is -0.493 e. The molecule has 0 saturated carbocycles. The maximum Gasteiger partial charge on any atom is 0.263 e. The third kappa shape index (κ3) is 4.16. The second-order valence-corrected chi connectivity index (χ2v) is 8.84. The highest BCUT2D eigenvalue weighted by Gasteiger charge is 2.41. The van der Waals surface area contributed by atoms with E-state index in [-0.39, 0.29) is 11.8 Å². The number of aromatic nitrogens is 1. The molecule has 1 aromatic heterocycles. The van der Waals surface area contributed by atoms with E-state index in [1.165, 1.54) is 11.3 Å². The third-order valence-corrected chi connectivity index (χ3v) is 6.63. The average Bonchev–Trinajstić information content (AvgIpc) is 3.07. The summed E-state index contributed by atoms with van der Waals surface area (Å²) in [6, 6.07) is 6.95. The zero-order valence-corrected chi connectivity index (χ0v) is 19.6. The zero-order valence-electron chi connectivity index (χ0n) is 18.8. The molecule has 1 fully saturated rings. The number of ether oxygens (including phenoxy) is 2. The van der Waals surface area contributed by atoms with E-state index in [0.29, 0.717) is 35.0 Å². The number of anilines is 1. The molecule has 8 heteroatoms. The van der Waals surface area contributed by atoms with Crippen LogP contribution in [-0.4, -0.2) is 60.5 Å². The van der Waals surface area contributed by atoms with Gasteiger partial charge in [0.25, 0.3) is 11.8 Å². The van der Waals surface area contributed by atoms with Crippen LogP contribution in [0.5, 0.6) is 11.5 Å². The number of hydrogen-bond donors (Lipinski definition) is 0. The summed E-state index contributed by atoms with van der Waals surface area (Å²) in [6.45, 7) is 4.26. The number of nitrogens with zero attached hydrogens (tertiary/aromatic N) is 3. The lowest BCUT2D eigenvalue weighted by atomic mass is 10.1. The summed E-state index contributed by atoms with van der Waals surface area (Å²) < 4.78 is 11.1.